The van der Waals surface area contributed by atoms with Crippen molar-refractivity contribution < 1.29 is 23.1 Å². The summed E-state index contributed by atoms with van der Waals surface area (Å²) in [4.78, 5) is 17.9. The number of carboxylic acids is 1. The molecule has 0 radical (unpaired) electrons. The molecule has 0 amide bonds. The van der Waals surface area contributed by atoms with Crippen molar-refractivity contribution in [2.75, 3.05) is 11.1 Å². The predicted molar refractivity (Wildman–Crippen MR) is 116 cm³/mol. The third kappa shape index (κ3) is 5.85. The lowest BCUT2D eigenvalue weighted by molar-refractivity contribution is -0.192. The van der Waals surface area contributed by atoms with Crippen molar-refractivity contribution in [1.82, 2.24) is 30.4 Å². The normalized spacial score (nSPS) is 11.2. The first-order valence-electron chi connectivity index (χ1n) is 9.29. The lowest BCUT2D eigenvalue weighted by atomic mass is 10.2. The van der Waals surface area contributed by atoms with Crippen LogP contribution in [0, 0.1) is 0 Å². The fraction of sp³-hybridized carbons (Fsp3) is 0.211. The zero-order valence-electron chi connectivity index (χ0n) is 17.2. The van der Waals surface area contributed by atoms with Crippen LogP contribution >= 0.6 is 11.3 Å². The van der Waals surface area contributed by atoms with Gasteiger partial charge in [0.05, 0.1) is 34.8 Å². The Bertz CT molecular complexity index is 1270. The van der Waals surface area contributed by atoms with Gasteiger partial charge in [-0.2, -0.15) is 23.4 Å². The van der Waals surface area contributed by atoms with E-state index in [0.717, 1.165) is 32.5 Å². The summed E-state index contributed by atoms with van der Waals surface area (Å²) < 4.78 is 31.7. The average Bonchev–Trinajstić information content (AvgIpc) is 3.25. The second kappa shape index (κ2) is 9.68. The lowest BCUT2D eigenvalue weighted by Gasteiger charge is -2.10. The van der Waals surface area contributed by atoms with Crippen LogP contribution in [-0.2, 0) is 4.79 Å². The van der Waals surface area contributed by atoms with E-state index in [2.05, 4.69) is 49.5 Å². The van der Waals surface area contributed by atoms with Gasteiger partial charge in [-0.05, 0) is 18.2 Å². The number of aromatic nitrogens is 6. The smallest absolute Gasteiger partial charge is 0.475 e. The Morgan fingerprint density at radius 3 is 2.48 bits per heavy atom. The highest BCUT2D eigenvalue weighted by atomic mass is 32.1. The standard InChI is InChI=1S/C17H16N8S.C2HF3O2/c1-9(2)16-24-25-17(26-16)11-7-13-14(23-15(11)18)12(4-5-19-13)22-10-3-6-20-21-8-10;3-2(4,5)1(6)7/h3-9H,1-2H3,(H2,18,23)(H,19,20,22);(H,6,7). The molecule has 33 heavy (non-hydrogen) atoms. The molecule has 0 fully saturated rings. The van der Waals surface area contributed by atoms with Gasteiger partial charge in [-0.15, -0.1) is 10.2 Å². The second-order valence-corrected chi connectivity index (χ2v) is 7.82. The minimum absolute atomic E-state index is 0.318. The van der Waals surface area contributed by atoms with E-state index in [0.29, 0.717) is 17.3 Å². The number of carboxylic acid groups (broad SMARTS) is 1. The van der Waals surface area contributed by atoms with E-state index in [1.54, 1.807) is 18.6 Å². The number of carbonyl (C=O) groups is 1. The summed E-state index contributed by atoms with van der Waals surface area (Å²) in [5.41, 5.74) is 9.97. The third-order valence-electron chi connectivity index (χ3n) is 4.01. The topological polar surface area (TPSA) is 153 Å². The molecule has 4 heterocycles. The minimum Gasteiger partial charge on any atom is -0.475 e. The molecule has 14 heteroatoms. The van der Waals surface area contributed by atoms with Gasteiger partial charge in [0, 0.05) is 12.1 Å². The first-order chi connectivity index (χ1) is 15.6. The van der Waals surface area contributed by atoms with Crippen LogP contribution in [0.25, 0.3) is 21.6 Å². The molecule has 0 bridgehead atoms. The number of pyridine rings is 2. The second-order valence-electron chi connectivity index (χ2n) is 6.81. The van der Waals surface area contributed by atoms with Gasteiger partial charge in [-0.1, -0.05) is 25.2 Å². The minimum atomic E-state index is -5.08. The van der Waals surface area contributed by atoms with E-state index in [4.69, 9.17) is 15.6 Å². The largest absolute Gasteiger partial charge is 0.490 e. The summed E-state index contributed by atoms with van der Waals surface area (Å²) >= 11 is 1.52. The molecule has 0 unspecified atom stereocenters. The molecule has 4 rings (SSSR count). The van der Waals surface area contributed by atoms with Gasteiger partial charge in [0.2, 0.25) is 0 Å². The molecule has 0 atom stereocenters. The van der Waals surface area contributed by atoms with Crippen molar-refractivity contribution in [3.8, 4) is 10.6 Å². The van der Waals surface area contributed by atoms with Crippen LogP contribution in [0.1, 0.15) is 24.8 Å². The Balaban J connectivity index is 0.000000383. The van der Waals surface area contributed by atoms with Crippen LogP contribution in [0.4, 0.5) is 30.4 Å². The molecule has 0 aromatic carbocycles. The quantitative estimate of drug-likeness (QED) is 0.392. The number of aliphatic carboxylic acids is 1. The van der Waals surface area contributed by atoms with E-state index in [9.17, 15) is 13.2 Å². The summed E-state index contributed by atoms with van der Waals surface area (Å²) in [7, 11) is 0. The number of anilines is 3. The summed E-state index contributed by atoms with van der Waals surface area (Å²) in [6.07, 6.45) is -0.105. The number of nitrogens with zero attached hydrogens (tertiary/aromatic N) is 6. The van der Waals surface area contributed by atoms with Crippen molar-refractivity contribution in [3.63, 3.8) is 0 Å². The Morgan fingerprint density at radius 1 is 1.18 bits per heavy atom. The maximum absolute atomic E-state index is 10.6. The van der Waals surface area contributed by atoms with Crippen LogP contribution in [0.5, 0.6) is 0 Å². The number of hydrogen-bond donors (Lipinski definition) is 3. The van der Waals surface area contributed by atoms with Crippen molar-refractivity contribution in [2.45, 2.75) is 25.9 Å². The van der Waals surface area contributed by atoms with Gasteiger partial charge in [-0.25, -0.2) is 9.78 Å². The van der Waals surface area contributed by atoms with Crippen molar-refractivity contribution in [3.05, 3.63) is 41.8 Å². The highest BCUT2D eigenvalue weighted by Gasteiger charge is 2.38. The fourth-order valence-electron chi connectivity index (χ4n) is 2.45. The fourth-order valence-corrected chi connectivity index (χ4v) is 3.32. The van der Waals surface area contributed by atoms with E-state index < -0.39 is 12.1 Å². The van der Waals surface area contributed by atoms with E-state index in [1.165, 1.54) is 11.3 Å². The number of nitrogens with one attached hydrogen (secondary N) is 1. The Labute approximate surface area is 188 Å². The van der Waals surface area contributed by atoms with Crippen molar-refractivity contribution in [1.29, 1.82) is 0 Å². The van der Waals surface area contributed by atoms with Crippen LogP contribution in [-0.4, -0.2) is 47.6 Å². The zero-order valence-corrected chi connectivity index (χ0v) is 18.0. The molecule has 0 aliphatic rings. The monoisotopic (exact) mass is 478 g/mol. The molecule has 0 aliphatic heterocycles. The van der Waals surface area contributed by atoms with E-state index in [1.807, 2.05) is 18.2 Å². The highest BCUT2D eigenvalue weighted by Crippen LogP contribution is 2.34. The number of alkyl halides is 3. The van der Waals surface area contributed by atoms with Crippen LogP contribution in [0.15, 0.2) is 36.8 Å². The van der Waals surface area contributed by atoms with Gasteiger partial charge >= 0.3 is 12.1 Å². The van der Waals surface area contributed by atoms with Gasteiger partial charge in [0.15, 0.2) is 5.01 Å². The summed E-state index contributed by atoms with van der Waals surface area (Å²) in [5.74, 6) is -2.04. The number of nitrogen functional groups attached to an aromatic ring is 1. The molecule has 0 saturated carbocycles. The van der Waals surface area contributed by atoms with Crippen LogP contribution < -0.4 is 11.1 Å². The maximum Gasteiger partial charge on any atom is 0.490 e. The van der Waals surface area contributed by atoms with E-state index >= 15 is 0 Å². The molecule has 172 valence electrons. The van der Waals surface area contributed by atoms with Gasteiger partial charge < -0.3 is 16.2 Å². The maximum atomic E-state index is 10.6. The van der Waals surface area contributed by atoms with E-state index in [-0.39, 0.29) is 0 Å². The number of halogens is 3. The average molecular weight is 478 g/mol. The van der Waals surface area contributed by atoms with Gasteiger partial charge in [-0.3, -0.25) is 4.98 Å². The Hall–Kier alpha value is -3.94. The summed E-state index contributed by atoms with van der Waals surface area (Å²) in [6.45, 7) is 4.17. The highest BCUT2D eigenvalue weighted by molar-refractivity contribution is 7.14. The number of fused-ring (bicyclic) bond motifs is 1. The Morgan fingerprint density at radius 2 is 1.91 bits per heavy atom. The first-order valence-corrected chi connectivity index (χ1v) is 10.1. The molecule has 0 aliphatic carbocycles. The molecule has 0 spiro atoms. The third-order valence-corrected chi connectivity index (χ3v) is 5.27. The van der Waals surface area contributed by atoms with Crippen LogP contribution in [0.3, 0.4) is 0 Å². The number of hydrogen-bond acceptors (Lipinski definition) is 10. The molecule has 0 saturated heterocycles. The Kier molecular flexibility index (Phi) is 6.96. The number of nitrogens with two attached hydrogens (primary N) is 1. The lowest BCUT2D eigenvalue weighted by Crippen LogP contribution is -2.21. The summed E-state index contributed by atoms with van der Waals surface area (Å²) in [5, 5.41) is 28.2. The van der Waals surface area contributed by atoms with Gasteiger partial charge in [0.1, 0.15) is 16.3 Å². The summed E-state index contributed by atoms with van der Waals surface area (Å²) in [6, 6.07) is 5.57. The SMILES string of the molecule is CC(C)c1nnc(-c2cc3nccc(Nc4ccnnc4)c3nc2N)s1.O=C(O)C(F)(F)F. The molecular weight excluding hydrogens is 461 g/mol. The number of rotatable bonds is 4. The molecule has 4 N–H and O–H groups in total. The van der Waals surface area contributed by atoms with Crippen molar-refractivity contribution in [2.24, 2.45) is 0 Å². The molecule has 10 nitrogen and oxygen atoms in total. The molecule has 4 aromatic heterocycles. The van der Waals surface area contributed by atoms with Crippen LogP contribution in [0.2, 0.25) is 0 Å². The van der Waals surface area contributed by atoms with Crippen molar-refractivity contribution >= 4 is 45.5 Å². The predicted octanol–water partition coefficient (Wildman–Crippen LogP) is 4.02. The zero-order chi connectivity index (χ0) is 24.2. The molecular formula is C19H17F3N8O2S. The molecule has 4 aromatic rings. The van der Waals surface area contributed by atoms with Gasteiger partial charge in [0.25, 0.3) is 0 Å². The first kappa shape index (κ1) is 23.7.